The van der Waals surface area contributed by atoms with Gasteiger partial charge in [-0.3, -0.25) is 0 Å². The van der Waals surface area contributed by atoms with E-state index < -0.39 is 26.0 Å². The Bertz CT molecular complexity index is 417. The van der Waals surface area contributed by atoms with Gasteiger partial charge in [0.1, 0.15) is 10.4 Å². The van der Waals surface area contributed by atoms with Gasteiger partial charge in [0.25, 0.3) is 0 Å². The van der Waals surface area contributed by atoms with Crippen LogP contribution in [0.5, 0.6) is 0 Å². The summed E-state index contributed by atoms with van der Waals surface area (Å²) >= 11 is 2.90. The van der Waals surface area contributed by atoms with E-state index in [0.29, 0.717) is 4.57 Å². The fraction of sp³-hybridized carbons (Fsp3) is 0.500. The molecule has 50 valence electrons. The summed E-state index contributed by atoms with van der Waals surface area (Å²) in [6.45, 7) is -8.52. The highest BCUT2D eigenvalue weighted by Gasteiger charge is 1.96. The molecule has 0 amide bonds. The Morgan fingerprint density at radius 3 is 3.67 bits per heavy atom. The Kier molecular flexibility index (Phi) is 0.516. The van der Waals surface area contributed by atoms with Crippen molar-refractivity contribution >= 4 is 15.9 Å². The van der Waals surface area contributed by atoms with Gasteiger partial charge in [0.05, 0.1) is 0 Å². The van der Waals surface area contributed by atoms with Gasteiger partial charge in [0, 0.05) is 23.7 Å². The van der Waals surface area contributed by atoms with Crippen molar-refractivity contribution < 1.29 is 11.0 Å². The topological polar surface area (TPSA) is 17.8 Å². The molecule has 0 aliphatic carbocycles. The van der Waals surface area contributed by atoms with Crippen molar-refractivity contribution in [3.8, 4) is 0 Å². The predicted octanol–water partition coefficient (Wildman–Crippen LogP) is 1.97. The summed E-state index contributed by atoms with van der Waals surface area (Å²) in [5.41, 5.74) is 0. The number of halogens is 1. The highest BCUT2D eigenvalue weighted by Crippen LogP contribution is 2.07. The molecular weight excluding hydrogens is 180 g/mol. The maximum absolute atomic E-state index is 7.51. The Morgan fingerprint density at radius 1 is 2.11 bits per heavy atom. The number of aryl methyl sites for hydroxylation is 2. The van der Waals surface area contributed by atoms with Crippen LogP contribution in [0.3, 0.4) is 0 Å². The Labute approximate surface area is 74.3 Å². The van der Waals surface area contributed by atoms with Crippen molar-refractivity contribution in [2.45, 2.75) is 20.2 Å². The van der Waals surface area contributed by atoms with Crippen molar-refractivity contribution in [3.05, 3.63) is 16.6 Å². The lowest BCUT2D eigenvalue weighted by Crippen LogP contribution is -1.93. The fourth-order valence-electron chi connectivity index (χ4n) is 0.437. The van der Waals surface area contributed by atoms with Gasteiger partial charge in [0.15, 0.2) is 0 Å². The molecule has 0 bridgehead atoms. The normalized spacial score (nSPS) is 27.7. The van der Waals surface area contributed by atoms with Crippen LogP contribution in [-0.4, -0.2) is 9.55 Å². The third-order valence-corrected chi connectivity index (χ3v) is 1.18. The van der Waals surface area contributed by atoms with E-state index >= 15 is 0 Å². The molecule has 0 spiro atoms. The maximum Gasteiger partial charge on any atom is 0.124 e. The van der Waals surface area contributed by atoms with E-state index in [1.165, 1.54) is 0 Å². The number of hydrogen-bond acceptors (Lipinski definition) is 1. The molecule has 0 fully saturated rings. The zero-order chi connectivity index (χ0) is 13.6. The van der Waals surface area contributed by atoms with Crippen molar-refractivity contribution in [1.82, 2.24) is 9.55 Å². The van der Waals surface area contributed by atoms with Gasteiger partial charge in [0.2, 0.25) is 0 Å². The quantitative estimate of drug-likeness (QED) is 0.673. The predicted molar refractivity (Wildman–Crippen MR) is 40.3 cm³/mol. The van der Waals surface area contributed by atoms with Crippen LogP contribution in [0, 0.1) is 6.85 Å². The van der Waals surface area contributed by atoms with E-state index in [0.717, 1.165) is 6.20 Å². The SMILES string of the molecule is [2H]C([2H])([2H])c1nc(Br)cn1C([2H])([2H])C([2H])([2H])[2H]. The fourth-order valence-corrected chi connectivity index (χ4v) is 0.810. The third kappa shape index (κ3) is 1.33. The Morgan fingerprint density at radius 2 is 3.00 bits per heavy atom. The average Bonchev–Trinajstić information content (AvgIpc) is 2.44. The van der Waals surface area contributed by atoms with Crippen LogP contribution < -0.4 is 0 Å². The lowest BCUT2D eigenvalue weighted by atomic mass is 10.6. The highest BCUT2D eigenvalue weighted by atomic mass is 79.9. The summed E-state index contributed by atoms with van der Waals surface area (Å²) < 4.78 is 58.5. The first kappa shape index (κ1) is 1.84. The van der Waals surface area contributed by atoms with Crippen LogP contribution in [0.1, 0.15) is 23.6 Å². The zero-order valence-electron chi connectivity index (χ0n) is 12.3. The summed E-state index contributed by atoms with van der Waals surface area (Å²) in [5, 5.41) is 0. The molecule has 0 atom stereocenters. The smallest absolute Gasteiger partial charge is 0.124 e. The molecular formula is C6H9BrN2. The number of aromatic nitrogens is 2. The molecule has 2 nitrogen and oxygen atoms in total. The van der Waals surface area contributed by atoms with Gasteiger partial charge in [-0.25, -0.2) is 4.98 Å². The molecule has 0 unspecified atom stereocenters. The molecule has 1 aromatic rings. The maximum atomic E-state index is 7.51. The van der Waals surface area contributed by atoms with Gasteiger partial charge in [-0.2, -0.15) is 0 Å². The molecule has 1 rings (SSSR count). The largest absolute Gasteiger partial charge is 0.334 e. The molecule has 0 aliphatic heterocycles. The van der Waals surface area contributed by atoms with E-state index in [1.807, 2.05) is 0 Å². The van der Waals surface area contributed by atoms with Gasteiger partial charge in [-0.15, -0.1) is 0 Å². The minimum Gasteiger partial charge on any atom is -0.334 e. The first-order valence-corrected chi connectivity index (χ1v) is 2.92. The van der Waals surface area contributed by atoms with Crippen molar-refractivity contribution in [2.24, 2.45) is 0 Å². The minimum atomic E-state index is -2.99. The monoisotopic (exact) mass is 196 g/mol. The van der Waals surface area contributed by atoms with Crippen LogP contribution in [-0.2, 0) is 6.50 Å². The molecule has 1 heterocycles. The van der Waals surface area contributed by atoms with Gasteiger partial charge in [-0.05, 0) is 29.6 Å². The lowest BCUT2D eigenvalue weighted by Gasteiger charge is -1.95. The molecule has 1 aromatic heterocycles. The molecule has 0 aliphatic rings. The number of rotatable bonds is 1. The van der Waals surface area contributed by atoms with Crippen LogP contribution in [0.15, 0.2) is 10.8 Å². The molecule has 0 saturated carbocycles. The number of hydrogen-bond donors (Lipinski definition) is 0. The molecule has 0 aromatic carbocycles. The van der Waals surface area contributed by atoms with E-state index in [1.54, 1.807) is 0 Å². The average molecular weight is 197 g/mol. The van der Waals surface area contributed by atoms with Crippen molar-refractivity contribution in [2.75, 3.05) is 0 Å². The molecule has 0 N–H and O–H groups in total. The van der Waals surface area contributed by atoms with E-state index in [-0.39, 0.29) is 4.60 Å². The first-order valence-electron chi connectivity index (χ1n) is 6.13. The number of nitrogens with zero attached hydrogens (tertiary/aromatic N) is 2. The molecule has 3 heteroatoms. The van der Waals surface area contributed by atoms with Crippen LogP contribution >= 0.6 is 15.9 Å². The van der Waals surface area contributed by atoms with Crippen LogP contribution in [0.25, 0.3) is 0 Å². The van der Waals surface area contributed by atoms with Crippen LogP contribution in [0.4, 0.5) is 0 Å². The lowest BCUT2D eigenvalue weighted by molar-refractivity contribution is 0.730. The summed E-state index contributed by atoms with van der Waals surface area (Å²) in [6.07, 6.45) is 1.01. The molecule has 9 heavy (non-hydrogen) atoms. The summed E-state index contributed by atoms with van der Waals surface area (Å²) in [7, 11) is 0. The Balaban J connectivity index is 3.42. The van der Waals surface area contributed by atoms with Crippen LogP contribution in [0.2, 0.25) is 0 Å². The van der Waals surface area contributed by atoms with Gasteiger partial charge >= 0.3 is 0 Å². The summed E-state index contributed by atoms with van der Waals surface area (Å²) in [5.74, 6) is -0.606. The zero-order valence-corrected chi connectivity index (χ0v) is 5.94. The van der Waals surface area contributed by atoms with E-state index in [9.17, 15) is 0 Å². The van der Waals surface area contributed by atoms with Crippen molar-refractivity contribution in [3.63, 3.8) is 0 Å². The highest BCUT2D eigenvalue weighted by molar-refractivity contribution is 9.10. The standard InChI is InChI=1S/C6H9BrN2/c1-3-9-4-6(7)8-5(9)2/h4H,3H2,1-2H3/i1D3,2D3,3D2. The third-order valence-electron chi connectivity index (χ3n) is 0.797. The summed E-state index contributed by atoms with van der Waals surface area (Å²) in [6, 6.07) is 0. The van der Waals surface area contributed by atoms with Gasteiger partial charge < -0.3 is 4.57 Å². The molecule has 0 saturated heterocycles. The van der Waals surface area contributed by atoms with Crippen molar-refractivity contribution in [1.29, 1.82) is 0 Å². The second-order valence-corrected chi connectivity index (χ2v) is 2.18. The van der Waals surface area contributed by atoms with Gasteiger partial charge in [-0.1, -0.05) is 0 Å². The molecule has 0 radical (unpaired) electrons. The summed E-state index contributed by atoms with van der Waals surface area (Å²) in [4.78, 5) is 3.59. The first-order chi connectivity index (χ1) is 7.37. The number of imidazole rings is 1. The second-order valence-electron chi connectivity index (χ2n) is 1.37. The Hall–Kier alpha value is -0.310. The second kappa shape index (κ2) is 2.52. The van der Waals surface area contributed by atoms with E-state index in [4.69, 9.17) is 11.0 Å². The van der Waals surface area contributed by atoms with E-state index in [2.05, 4.69) is 20.9 Å². The minimum absolute atomic E-state index is 0.0664.